The number of carboxylic acid groups (broad SMARTS) is 1. The summed E-state index contributed by atoms with van der Waals surface area (Å²) in [5.74, 6) is -2.31. The quantitative estimate of drug-likeness (QED) is 0.642. The highest BCUT2D eigenvalue weighted by Gasteiger charge is 2.24. The zero-order valence-corrected chi connectivity index (χ0v) is 12.5. The molecule has 0 aliphatic heterocycles. The standard InChI is InChI=1S/C15H15N3O5/c1-8(15(20)21)9(2)17-14(19)11-5-6-12(18(22)23)10-4-3-7-16-13(10)11/h3-9H,1-2H3,(H,17,19)(H,20,21). The molecule has 1 amide bonds. The fourth-order valence-corrected chi connectivity index (χ4v) is 2.12. The third kappa shape index (κ3) is 3.25. The average Bonchev–Trinajstić information content (AvgIpc) is 2.52. The smallest absolute Gasteiger partial charge is 0.308 e. The Labute approximate surface area is 131 Å². The number of nitrogens with one attached hydrogen (secondary N) is 1. The molecule has 1 heterocycles. The van der Waals surface area contributed by atoms with Gasteiger partial charge in [0.25, 0.3) is 11.6 Å². The van der Waals surface area contributed by atoms with E-state index in [4.69, 9.17) is 5.11 Å². The Morgan fingerprint density at radius 1 is 1.30 bits per heavy atom. The van der Waals surface area contributed by atoms with E-state index in [2.05, 4.69) is 10.3 Å². The van der Waals surface area contributed by atoms with E-state index >= 15 is 0 Å². The summed E-state index contributed by atoms with van der Waals surface area (Å²) < 4.78 is 0. The van der Waals surface area contributed by atoms with Crippen LogP contribution in [-0.4, -0.2) is 32.9 Å². The van der Waals surface area contributed by atoms with Crippen molar-refractivity contribution >= 4 is 28.5 Å². The van der Waals surface area contributed by atoms with Gasteiger partial charge in [-0.05, 0) is 32.0 Å². The second-order valence-electron chi connectivity index (χ2n) is 5.18. The van der Waals surface area contributed by atoms with Crippen LogP contribution in [0.1, 0.15) is 24.2 Å². The van der Waals surface area contributed by atoms with Crippen LogP contribution in [0.4, 0.5) is 5.69 Å². The minimum absolute atomic E-state index is 0.142. The van der Waals surface area contributed by atoms with Gasteiger partial charge in [0.2, 0.25) is 0 Å². The van der Waals surface area contributed by atoms with Gasteiger partial charge in [-0.15, -0.1) is 0 Å². The first-order chi connectivity index (χ1) is 10.8. The highest BCUT2D eigenvalue weighted by atomic mass is 16.6. The molecule has 0 saturated heterocycles. The largest absolute Gasteiger partial charge is 0.481 e. The van der Waals surface area contributed by atoms with E-state index < -0.39 is 28.8 Å². The van der Waals surface area contributed by atoms with E-state index in [1.54, 1.807) is 13.0 Å². The van der Waals surface area contributed by atoms with E-state index in [1.807, 2.05) is 0 Å². The molecular weight excluding hydrogens is 302 g/mol. The van der Waals surface area contributed by atoms with E-state index in [9.17, 15) is 19.7 Å². The predicted octanol–water partition coefficient (Wildman–Crippen LogP) is 1.98. The second-order valence-corrected chi connectivity index (χ2v) is 5.18. The highest BCUT2D eigenvalue weighted by molar-refractivity contribution is 6.07. The molecule has 0 bridgehead atoms. The number of pyridine rings is 1. The summed E-state index contributed by atoms with van der Waals surface area (Å²) in [6.45, 7) is 3.07. The number of hydrogen-bond donors (Lipinski definition) is 2. The minimum Gasteiger partial charge on any atom is -0.481 e. The van der Waals surface area contributed by atoms with E-state index in [0.29, 0.717) is 0 Å². The molecule has 23 heavy (non-hydrogen) atoms. The molecule has 0 aliphatic rings. The Kier molecular flexibility index (Phi) is 4.54. The third-order valence-electron chi connectivity index (χ3n) is 3.69. The van der Waals surface area contributed by atoms with Crippen LogP contribution in [0, 0.1) is 16.0 Å². The van der Waals surface area contributed by atoms with Crippen LogP contribution in [0.25, 0.3) is 10.9 Å². The van der Waals surface area contributed by atoms with Crippen molar-refractivity contribution in [1.29, 1.82) is 0 Å². The van der Waals surface area contributed by atoms with Crippen molar-refractivity contribution in [2.45, 2.75) is 19.9 Å². The van der Waals surface area contributed by atoms with Gasteiger partial charge < -0.3 is 10.4 Å². The van der Waals surface area contributed by atoms with Crippen LogP contribution >= 0.6 is 0 Å². The zero-order valence-electron chi connectivity index (χ0n) is 12.5. The summed E-state index contributed by atoms with van der Waals surface area (Å²) >= 11 is 0. The van der Waals surface area contributed by atoms with Crippen molar-refractivity contribution in [1.82, 2.24) is 10.3 Å². The highest BCUT2D eigenvalue weighted by Crippen LogP contribution is 2.26. The maximum Gasteiger partial charge on any atom is 0.308 e. The molecule has 2 unspecified atom stereocenters. The molecule has 1 aromatic heterocycles. The summed E-state index contributed by atoms with van der Waals surface area (Å²) in [6, 6.07) is 5.02. The van der Waals surface area contributed by atoms with Crippen molar-refractivity contribution < 1.29 is 19.6 Å². The van der Waals surface area contributed by atoms with E-state index in [1.165, 1.54) is 31.3 Å². The molecule has 8 heteroatoms. The van der Waals surface area contributed by atoms with Gasteiger partial charge in [-0.1, -0.05) is 0 Å². The van der Waals surface area contributed by atoms with Gasteiger partial charge in [0.05, 0.1) is 27.3 Å². The van der Waals surface area contributed by atoms with Crippen LogP contribution in [0.15, 0.2) is 30.5 Å². The van der Waals surface area contributed by atoms with Crippen LogP contribution in [0.5, 0.6) is 0 Å². The molecular formula is C15H15N3O5. The number of carboxylic acids is 1. The molecule has 0 fully saturated rings. The fourth-order valence-electron chi connectivity index (χ4n) is 2.12. The predicted molar refractivity (Wildman–Crippen MR) is 82.1 cm³/mol. The van der Waals surface area contributed by atoms with Gasteiger partial charge in [-0.3, -0.25) is 24.7 Å². The van der Waals surface area contributed by atoms with Crippen LogP contribution in [0.3, 0.4) is 0 Å². The number of carbonyl (C=O) groups is 2. The monoisotopic (exact) mass is 317 g/mol. The number of non-ortho nitro benzene ring substituents is 1. The molecule has 120 valence electrons. The number of nitro benzene ring substituents is 1. The summed E-state index contributed by atoms with van der Waals surface area (Å²) in [7, 11) is 0. The SMILES string of the molecule is CC(NC(=O)c1ccc([N+](=O)[O-])c2cccnc12)C(C)C(=O)O. The summed E-state index contributed by atoms with van der Waals surface area (Å²) in [5.41, 5.74) is 0.224. The van der Waals surface area contributed by atoms with Gasteiger partial charge in [0, 0.05) is 18.3 Å². The van der Waals surface area contributed by atoms with Crippen molar-refractivity contribution in [2.24, 2.45) is 5.92 Å². The molecule has 2 rings (SSSR count). The molecule has 8 nitrogen and oxygen atoms in total. The molecule has 0 spiro atoms. The number of aliphatic carboxylic acids is 1. The van der Waals surface area contributed by atoms with E-state index in [-0.39, 0.29) is 22.2 Å². The summed E-state index contributed by atoms with van der Waals surface area (Å²) in [4.78, 5) is 37.9. The topological polar surface area (TPSA) is 122 Å². The number of amides is 1. The number of benzene rings is 1. The van der Waals surface area contributed by atoms with Crippen molar-refractivity contribution in [2.75, 3.05) is 0 Å². The molecule has 2 aromatic rings. The minimum atomic E-state index is -1.02. The van der Waals surface area contributed by atoms with Gasteiger partial charge in [0.15, 0.2) is 0 Å². The third-order valence-corrected chi connectivity index (χ3v) is 3.69. The number of aromatic nitrogens is 1. The Hall–Kier alpha value is -3.03. The maximum absolute atomic E-state index is 12.4. The fraction of sp³-hybridized carbons (Fsp3) is 0.267. The zero-order chi connectivity index (χ0) is 17.1. The van der Waals surface area contributed by atoms with Crippen molar-refractivity contribution in [3.05, 3.63) is 46.1 Å². The first-order valence-electron chi connectivity index (χ1n) is 6.88. The lowest BCUT2D eigenvalue weighted by atomic mass is 10.0. The molecule has 0 radical (unpaired) electrons. The lowest BCUT2D eigenvalue weighted by molar-refractivity contribution is -0.383. The average molecular weight is 317 g/mol. The Morgan fingerprint density at radius 2 is 2.00 bits per heavy atom. The molecule has 2 atom stereocenters. The van der Waals surface area contributed by atoms with Crippen molar-refractivity contribution in [3.8, 4) is 0 Å². The Bertz CT molecular complexity index is 790. The van der Waals surface area contributed by atoms with Crippen LogP contribution in [0.2, 0.25) is 0 Å². The number of hydrogen-bond acceptors (Lipinski definition) is 5. The first kappa shape index (κ1) is 16.3. The Morgan fingerprint density at radius 3 is 2.61 bits per heavy atom. The van der Waals surface area contributed by atoms with Crippen LogP contribution in [-0.2, 0) is 4.79 Å². The normalized spacial score (nSPS) is 13.3. The number of nitrogens with zero attached hydrogens (tertiary/aromatic N) is 2. The lowest BCUT2D eigenvalue weighted by Gasteiger charge is -2.18. The molecule has 2 N–H and O–H groups in total. The van der Waals surface area contributed by atoms with E-state index in [0.717, 1.165) is 0 Å². The van der Waals surface area contributed by atoms with Gasteiger partial charge >= 0.3 is 5.97 Å². The number of nitro groups is 1. The maximum atomic E-state index is 12.4. The molecule has 1 aromatic carbocycles. The van der Waals surface area contributed by atoms with Crippen molar-refractivity contribution in [3.63, 3.8) is 0 Å². The Balaban J connectivity index is 2.41. The second kappa shape index (κ2) is 6.39. The number of carbonyl (C=O) groups excluding carboxylic acids is 1. The summed E-state index contributed by atoms with van der Waals surface area (Å²) in [6.07, 6.45) is 1.44. The number of fused-ring (bicyclic) bond motifs is 1. The van der Waals surface area contributed by atoms with Gasteiger partial charge in [-0.25, -0.2) is 0 Å². The van der Waals surface area contributed by atoms with Crippen LogP contribution < -0.4 is 5.32 Å². The number of rotatable bonds is 5. The van der Waals surface area contributed by atoms with Gasteiger partial charge in [-0.2, -0.15) is 0 Å². The first-order valence-corrected chi connectivity index (χ1v) is 6.88. The van der Waals surface area contributed by atoms with Gasteiger partial charge in [0.1, 0.15) is 0 Å². The molecule has 0 aliphatic carbocycles. The lowest BCUT2D eigenvalue weighted by Crippen LogP contribution is -2.40. The molecule has 0 saturated carbocycles. The summed E-state index contributed by atoms with van der Waals surface area (Å²) in [5, 5.41) is 22.9.